The van der Waals surface area contributed by atoms with Crippen LogP contribution in [-0.4, -0.2) is 44.1 Å². The monoisotopic (exact) mass is 486 g/mol. The number of Topliss-reactive ketones (excluding diaryl/α,β-unsaturated/α-hetero) is 1. The first-order chi connectivity index (χ1) is 17.2. The lowest BCUT2D eigenvalue weighted by Crippen LogP contribution is -2.29. The molecule has 0 radical (unpaired) electrons. The lowest BCUT2D eigenvalue weighted by Gasteiger charge is -2.26. The molecule has 1 heterocycles. The molecule has 186 valence electrons. The standard InChI is InChI=1S/C29H30N2O5/c1-18(2)36-22-10-8-9-19(17-22)26-25(27(32)23-11-6-7-12-24(23)35-5)28(33)29(34)31(26)21-15-13-20(14-16-21)30(3)4/h6-18,26,32H,1-5H3/b27-25-. The van der Waals surface area contributed by atoms with Gasteiger partial charge in [0, 0.05) is 25.5 Å². The van der Waals surface area contributed by atoms with Crippen LogP contribution in [0.5, 0.6) is 11.5 Å². The van der Waals surface area contributed by atoms with Crippen molar-refractivity contribution >= 4 is 28.8 Å². The Morgan fingerprint density at radius 3 is 2.31 bits per heavy atom. The number of anilines is 2. The molecule has 3 aromatic carbocycles. The summed E-state index contributed by atoms with van der Waals surface area (Å²) in [5, 5.41) is 11.4. The predicted molar refractivity (Wildman–Crippen MR) is 141 cm³/mol. The van der Waals surface area contributed by atoms with E-state index in [9.17, 15) is 14.7 Å². The molecule has 1 unspecified atom stereocenters. The molecule has 7 heteroatoms. The van der Waals surface area contributed by atoms with Crippen LogP contribution >= 0.6 is 0 Å². The van der Waals surface area contributed by atoms with Crippen molar-refractivity contribution in [1.29, 1.82) is 0 Å². The van der Waals surface area contributed by atoms with Crippen LogP contribution in [0.1, 0.15) is 31.0 Å². The van der Waals surface area contributed by atoms with E-state index in [-0.39, 0.29) is 17.4 Å². The summed E-state index contributed by atoms with van der Waals surface area (Å²) < 4.78 is 11.3. The summed E-state index contributed by atoms with van der Waals surface area (Å²) in [6.07, 6.45) is -0.0567. The Bertz CT molecular complexity index is 1310. The number of amides is 1. The van der Waals surface area contributed by atoms with Gasteiger partial charge in [0.2, 0.25) is 0 Å². The Balaban J connectivity index is 1.93. The molecule has 0 spiro atoms. The van der Waals surface area contributed by atoms with Gasteiger partial charge in [-0.2, -0.15) is 0 Å². The first-order valence-electron chi connectivity index (χ1n) is 11.7. The third kappa shape index (κ3) is 4.64. The molecule has 0 saturated carbocycles. The highest BCUT2D eigenvalue weighted by molar-refractivity contribution is 6.51. The minimum Gasteiger partial charge on any atom is -0.507 e. The fraction of sp³-hybridized carbons (Fsp3) is 0.241. The quantitative estimate of drug-likeness (QED) is 0.282. The molecule has 0 aromatic heterocycles. The van der Waals surface area contributed by atoms with Crippen LogP contribution in [0.3, 0.4) is 0 Å². The molecular weight excluding hydrogens is 456 g/mol. The van der Waals surface area contributed by atoms with Gasteiger partial charge in [-0.1, -0.05) is 24.3 Å². The van der Waals surface area contributed by atoms with E-state index in [1.54, 1.807) is 42.5 Å². The van der Waals surface area contributed by atoms with Crippen molar-refractivity contribution in [2.75, 3.05) is 31.0 Å². The average molecular weight is 487 g/mol. The molecule has 3 aromatic rings. The van der Waals surface area contributed by atoms with E-state index < -0.39 is 17.7 Å². The number of rotatable bonds is 7. The number of aliphatic hydroxyl groups excluding tert-OH is 1. The Morgan fingerprint density at radius 2 is 1.67 bits per heavy atom. The molecule has 36 heavy (non-hydrogen) atoms. The fourth-order valence-electron chi connectivity index (χ4n) is 4.34. The molecular formula is C29H30N2O5. The zero-order valence-corrected chi connectivity index (χ0v) is 21.1. The molecule has 4 rings (SSSR count). The molecule has 0 aliphatic carbocycles. The van der Waals surface area contributed by atoms with Crippen molar-refractivity contribution in [3.63, 3.8) is 0 Å². The van der Waals surface area contributed by atoms with Crippen LogP contribution in [-0.2, 0) is 9.59 Å². The van der Waals surface area contributed by atoms with Crippen molar-refractivity contribution in [3.8, 4) is 11.5 Å². The van der Waals surface area contributed by atoms with Crippen LogP contribution in [0.15, 0.2) is 78.4 Å². The van der Waals surface area contributed by atoms with Crippen molar-refractivity contribution in [3.05, 3.63) is 89.5 Å². The maximum atomic E-state index is 13.4. The van der Waals surface area contributed by atoms with Gasteiger partial charge in [-0.05, 0) is 67.9 Å². The van der Waals surface area contributed by atoms with E-state index in [0.717, 1.165) is 5.69 Å². The largest absolute Gasteiger partial charge is 0.507 e. The maximum absolute atomic E-state index is 13.4. The second-order valence-corrected chi connectivity index (χ2v) is 9.02. The van der Waals surface area contributed by atoms with Gasteiger partial charge in [-0.25, -0.2) is 0 Å². The number of hydrogen-bond acceptors (Lipinski definition) is 6. The summed E-state index contributed by atoms with van der Waals surface area (Å²) in [6.45, 7) is 3.85. The van der Waals surface area contributed by atoms with Gasteiger partial charge in [0.15, 0.2) is 0 Å². The minimum atomic E-state index is -0.865. The van der Waals surface area contributed by atoms with Gasteiger partial charge >= 0.3 is 0 Å². The van der Waals surface area contributed by atoms with Gasteiger partial charge in [0.1, 0.15) is 17.3 Å². The third-order valence-corrected chi connectivity index (χ3v) is 6.00. The van der Waals surface area contributed by atoms with Crippen molar-refractivity contribution in [2.45, 2.75) is 26.0 Å². The van der Waals surface area contributed by atoms with Crippen LogP contribution in [0.2, 0.25) is 0 Å². The van der Waals surface area contributed by atoms with E-state index in [1.165, 1.54) is 12.0 Å². The van der Waals surface area contributed by atoms with Gasteiger partial charge < -0.3 is 19.5 Å². The molecule has 0 bridgehead atoms. The molecule has 7 nitrogen and oxygen atoms in total. The van der Waals surface area contributed by atoms with Gasteiger partial charge in [-0.15, -0.1) is 0 Å². The summed E-state index contributed by atoms with van der Waals surface area (Å²) in [4.78, 5) is 30.2. The van der Waals surface area contributed by atoms with Gasteiger partial charge in [0.25, 0.3) is 11.7 Å². The average Bonchev–Trinajstić information content (AvgIpc) is 3.13. The van der Waals surface area contributed by atoms with Crippen molar-refractivity contribution < 1.29 is 24.2 Å². The van der Waals surface area contributed by atoms with Crippen LogP contribution in [0, 0.1) is 0 Å². The number of carbonyl (C=O) groups excluding carboxylic acids is 2. The van der Waals surface area contributed by atoms with Gasteiger partial charge in [0.05, 0.1) is 30.4 Å². The van der Waals surface area contributed by atoms with Crippen molar-refractivity contribution in [2.24, 2.45) is 0 Å². The third-order valence-electron chi connectivity index (χ3n) is 6.00. The number of ketones is 1. The number of nitrogens with zero attached hydrogens (tertiary/aromatic N) is 2. The van der Waals surface area contributed by atoms with Gasteiger partial charge in [-0.3, -0.25) is 14.5 Å². The number of methoxy groups -OCH3 is 1. The number of carbonyl (C=O) groups is 2. The number of benzene rings is 3. The minimum absolute atomic E-state index is 0.0112. The van der Waals surface area contributed by atoms with E-state index in [0.29, 0.717) is 28.3 Å². The van der Waals surface area contributed by atoms with E-state index in [1.807, 2.05) is 63.2 Å². The topological polar surface area (TPSA) is 79.3 Å². The smallest absolute Gasteiger partial charge is 0.300 e. The predicted octanol–water partition coefficient (Wildman–Crippen LogP) is 5.17. The summed E-state index contributed by atoms with van der Waals surface area (Å²) in [6, 6.07) is 20.6. The summed E-state index contributed by atoms with van der Waals surface area (Å²) >= 11 is 0. The van der Waals surface area contributed by atoms with E-state index >= 15 is 0 Å². The van der Waals surface area contributed by atoms with Crippen molar-refractivity contribution in [1.82, 2.24) is 0 Å². The lowest BCUT2D eigenvalue weighted by molar-refractivity contribution is -0.132. The second kappa shape index (κ2) is 10.2. The Kier molecular flexibility index (Phi) is 7.01. The summed E-state index contributed by atoms with van der Waals surface area (Å²) in [7, 11) is 5.34. The van der Waals surface area contributed by atoms with Crippen LogP contribution in [0.4, 0.5) is 11.4 Å². The first-order valence-corrected chi connectivity index (χ1v) is 11.7. The number of para-hydroxylation sites is 1. The molecule has 1 aliphatic heterocycles. The number of aliphatic hydroxyl groups is 1. The molecule has 1 atom stereocenters. The number of hydrogen-bond donors (Lipinski definition) is 1. The normalized spacial score (nSPS) is 16.9. The number of ether oxygens (including phenoxy) is 2. The Morgan fingerprint density at radius 1 is 0.972 bits per heavy atom. The Hall–Kier alpha value is -4.26. The van der Waals surface area contributed by atoms with E-state index in [2.05, 4.69) is 0 Å². The first kappa shape index (κ1) is 24.9. The Labute approximate surface area is 211 Å². The molecule has 1 aliphatic rings. The molecule has 1 fully saturated rings. The van der Waals surface area contributed by atoms with Crippen LogP contribution < -0.4 is 19.3 Å². The molecule has 1 saturated heterocycles. The molecule has 1 amide bonds. The summed E-state index contributed by atoms with van der Waals surface area (Å²) in [5.41, 5.74) is 2.46. The zero-order valence-electron chi connectivity index (χ0n) is 21.1. The van der Waals surface area contributed by atoms with E-state index in [4.69, 9.17) is 9.47 Å². The fourth-order valence-corrected chi connectivity index (χ4v) is 4.34. The highest BCUT2D eigenvalue weighted by Gasteiger charge is 2.47. The SMILES string of the molecule is COc1ccccc1/C(O)=C1/C(=O)C(=O)N(c2ccc(N(C)C)cc2)C1c1cccc(OC(C)C)c1. The summed E-state index contributed by atoms with van der Waals surface area (Å²) in [5.74, 6) is -0.779. The highest BCUT2D eigenvalue weighted by atomic mass is 16.5. The second-order valence-electron chi connectivity index (χ2n) is 9.02. The maximum Gasteiger partial charge on any atom is 0.300 e. The highest BCUT2D eigenvalue weighted by Crippen LogP contribution is 2.44. The van der Waals surface area contributed by atoms with Crippen LogP contribution in [0.25, 0.3) is 5.76 Å². The zero-order chi connectivity index (χ0) is 26.0. The lowest BCUT2D eigenvalue weighted by atomic mass is 9.94. The molecule has 1 N–H and O–H groups in total.